The molecule has 1 aromatic rings. The van der Waals surface area contributed by atoms with Crippen molar-refractivity contribution in [2.24, 2.45) is 0 Å². The molecule has 0 aromatic heterocycles. The van der Waals surface area contributed by atoms with Crippen molar-refractivity contribution in [1.29, 1.82) is 0 Å². The van der Waals surface area contributed by atoms with Gasteiger partial charge in [0.05, 0.1) is 0 Å². The predicted octanol–water partition coefficient (Wildman–Crippen LogP) is 3.54. The van der Waals surface area contributed by atoms with Gasteiger partial charge >= 0.3 is 0 Å². The van der Waals surface area contributed by atoms with Crippen LogP contribution in [-0.4, -0.2) is 60.3 Å². The van der Waals surface area contributed by atoms with Gasteiger partial charge < -0.3 is 14.7 Å². The highest BCUT2D eigenvalue weighted by Crippen LogP contribution is 2.34. The van der Waals surface area contributed by atoms with E-state index in [4.69, 9.17) is 4.74 Å². The van der Waals surface area contributed by atoms with Crippen molar-refractivity contribution in [3.63, 3.8) is 0 Å². The quantitative estimate of drug-likeness (QED) is 0.779. The van der Waals surface area contributed by atoms with Crippen molar-refractivity contribution < 1.29 is 9.84 Å². The Morgan fingerprint density at radius 1 is 1.32 bits per heavy atom. The van der Waals surface area contributed by atoms with Gasteiger partial charge in [-0.3, -0.25) is 4.90 Å². The van der Waals surface area contributed by atoms with Crippen LogP contribution in [0, 0.1) is 13.8 Å². The number of ether oxygens (including phenoxy) is 1. The Balaban J connectivity index is 2.04. The molecule has 1 aliphatic heterocycles. The van der Waals surface area contributed by atoms with E-state index in [9.17, 15) is 5.11 Å². The van der Waals surface area contributed by atoms with E-state index in [1.165, 1.54) is 36.1 Å². The zero-order valence-electron chi connectivity index (χ0n) is 16.9. The van der Waals surface area contributed by atoms with Crippen LogP contribution in [0.15, 0.2) is 12.1 Å². The molecule has 1 fully saturated rings. The molecule has 2 unspecified atom stereocenters. The summed E-state index contributed by atoms with van der Waals surface area (Å²) in [4.78, 5) is 4.70. The Labute approximate surface area is 153 Å². The Kier molecular flexibility index (Phi) is 7.29. The third kappa shape index (κ3) is 4.96. The van der Waals surface area contributed by atoms with Crippen LogP contribution >= 0.6 is 0 Å². The summed E-state index contributed by atoms with van der Waals surface area (Å²) in [5.74, 6) is 0.890. The number of likely N-dealkylation sites (tertiary alicyclic amines) is 1. The lowest BCUT2D eigenvalue weighted by Gasteiger charge is -2.30. The molecule has 0 aliphatic carbocycles. The van der Waals surface area contributed by atoms with Gasteiger partial charge in [0.1, 0.15) is 18.5 Å². The van der Waals surface area contributed by atoms with Gasteiger partial charge in [-0.1, -0.05) is 13.0 Å². The standard InChI is InChI=1S/C21H36N2O2/c1-7-22(6)13-19(24)14-25-21-11-10-20(16(3)17(21)4)18(5)23-12-8-9-15(23)2/h10-11,15,18-19,24H,7-9,12-14H2,1-6H3/t15?,18?,19-/m0/s1. The fourth-order valence-electron chi connectivity index (χ4n) is 3.86. The smallest absolute Gasteiger partial charge is 0.122 e. The van der Waals surface area contributed by atoms with E-state index < -0.39 is 6.10 Å². The van der Waals surface area contributed by atoms with Crippen molar-refractivity contribution in [3.8, 4) is 5.75 Å². The van der Waals surface area contributed by atoms with Crippen molar-refractivity contribution >= 4 is 0 Å². The van der Waals surface area contributed by atoms with Crippen LogP contribution in [0.1, 0.15) is 56.3 Å². The first-order valence-electron chi connectivity index (χ1n) is 9.70. The summed E-state index contributed by atoms with van der Waals surface area (Å²) in [6, 6.07) is 5.38. The van der Waals surface area contributed by atoms with E-state index in [1.54, 1.807) is 0 Å². The lowest BCUT2D eigenvalue weighted by molar-refractivity contribution is 0.0775. The van der Waals surface area contributed by atoms with E-state index in [0.717, 1.165) is 12.3 Å². The molecule has 25 heavy (non-hydrogen) atoms. The number of likely N-dealkylation sites (N-methyl/N-ethyl adjacent to an activating group) is 1. The number of rotatable bonds is 8. The molecular formula is C21H36N2O2. The summed E-state index contributed by atoms with van der Waals surface area (Å²) >= 11 is 0. The van der Waals surface area contributed by atoms with Gasteiger partial charge in [-0.2, -0.15) is 0 Å². The van der Waals surface area contributed by atoms with Gasteiger partial charge in [-0.25, -0.2) is 0 Å². The topological polar surface area (TPSA) is 35.9 Å². The molecular weight excluding hydrogens is 312 g/mol. The van der Waals surface area contributed by atoms with Crippen molar-refractivity contribution in [3.05, 3.63) is 28.8 Å². The second-order valence-corrected chi connectivity index (χ2v) is 7.63. The highest BCUT2D eigenvalue weighted by Gasteiger charge is 2.27. The van der Waals surface area contributed by atoms with Crippen molar-refractivity contribution in [2.45, 2.75) is 65.6 Å². The summed E-state index contributed by atoms with van der Waals surface area (Å²) in [7, 11) is 2.01. The second-order valence-electron chi connectivity index (χ2n) is 7.63. The van der Waals surface area contributed by atoms with Crippen LogP contribution < -0.4 is 4.74 Å². The zero-order valence-corrected chi connectivity index (χ0v) is 16.9. The molecule has 142 valence electrons. The number of hydrogen-bond donors (Lipinski definition) is 1. The van der Waals surface area contributed by atoms with Crippen LogP contribution in [-0.2, 0) is 0 Å². The number of benzene rings is 1. The Bertz CT molecular complexity index is 561. The molecule has 2 rings (SSSR count). The maximum Gasteiger partial charge on any atom is 0.122 e. The van der Waals surface area contributed by atoms with Gasteiger partial charge in [0.15, 0.2) is 0 Å². The monoisotopic (exact) mass is 348 g/mol. The Morgan fingerprint density at radius 3 is 2.64 bits per heavy atom. The number of aliphatic hydroxyl groups is 1. The molecule has 3 atom stereocenters. The molecule has 0 amide bonds. The lowest BCUT2D eigenvalue weighted by atomic mass is 9.96. The van der Waals surface area contributed by atoms with E-state index in [0.29, 0.717) is 25.2 Å². The Hall–Kier alpha value is -1.10. The minimum Gasteiger partial charge on any atom is -0.491 e. The largest absolute Gasteiger partial charge is 0.491 e. The van der Waals surface area contributed by atoms with Gasteiger partial charge in [0, 0.05) is 18.6 Å². The SMILES string of the molecule is CCN(C)C[C@H](O)COc1ccc(C(C)N2CCCC2C)c(C)c1C. The minimum atomic E-state index is -0.464. The third-order valence-electron chi connectivity index (χ3n) is 5.82. The van der Waals surface area contributed by atoms with Gasteiger partial charge in [-0.15, -0.1) is 0 Å². The number of hydrogen-bond acceptors (Lipinski definition) is 4. The van der Waals surface area contributed by atoms with Crippen molar-refractivity contribution in [2.75, 3.05) is 33.3 Å². The maximum absolute atomic E-state index is 10.1. The van der Waals surface area contributed by atoms with Gasteiger partial charge in [0.25, 0.3) is 0 Å². The summed E-state index contributed by atoms with van der Waals surface area (Å²) < 4.78 is 5.92. The van der Waals surface area contributed by atoms with Gasteiger partial charge in [0.2, 0.25) is 0 Å². The first kappa shape index (κ1) is 20.2. The summed E-state index contributed by atoms with van der Waals surface area (Å²) in [6.45, 7) is 14.1. The summed E-state index contributed by atoms with van der Waals surface area (Å²) in [6.07, 6.45) is 2.14. The summed E-state index contributed by atoms with van der Waals surface area (Å²) in [5, 5.41) is 10.1. The predicted molar refractivity (Wildman–Crippen MR) is 104 cm³/mol. The zero-order chi connectivity index (χ0) is 18.6. The molecule has 0 saturated carbocycles. The molecule has 1 N–H and O–H groups in total. The molecule has 1 aromatic carbocycles. The maximum atomic E-state index is 10.1. The van der Waals surface area contributed by atoms with E-state index in [1.807, 2.05) is 7.05 Å². The average Bonchev–Trinajstić information content (AvgIpc) is 3.01. The minimum absolute atomic E-state index is 0.336. The molecule has 4 heteroatoms. The fraction of sp³-hybridized carbons (Fsp3) is 0.714. The Morgan fingerprint density at radius 2 is 2.04 bits per heavy atom. The fourth-order valence-corrected chi connectivity index (χ4v) is 3.86. The molecule has 1 aliphatic rings. The normalized spacial score (nSPS) is 20.9. The number of aliphatic hydroxyl groups excluding tert-OH is 1. The molecule has 0 radical (unpaired) electrons. The van der Waals surface area contributed by atoms with Crippen LogP contribution in [0.2, 0.25) is 0 Å². The average molecular weight is 349 g/mol. The van der Waals surface area contributed by atoms with Gasteiger partial charge in [-0.05, 0) is 83.4 Å². The van der Waals surface area contributed by atoms with Crippen LogP contribution in [0.5, 0.6) is 5.75 Å². The van der Waals surface area contributed by atoms with Crippen LogP contribution in [0.25, 0.3) is 0 Å². The summed E-state index contributed by atoms with van der Waals surface area (Å²) in [5.41, 5.74) is 3.89. The molecule has 0 spiro atoms. The first-order valence-corrected chi connectivity index (χ1v) is 9.70. The van der Waals surface area contributed by atoms with Crippen LogP contribution in [0.3, 0.4) is 0 Å². The third-order valence-corrected chi connectivity index (χ3v) is 5.82. The second kappa shape index (κ2) is 9.02. The van der Waals surface area contributed by atoms with E-state index in [-0.39, 0.29) is 0 Å². The molecule has 0 bridgehead atoms. The number of nitrogens with zero attached hydrogens (tertiary/aromatic N) is 2. The van der Waals surface area contributed by atoms with Crippen molar-refractivity contribution in [1.82, 2.24) is 9.80 Å². The first-order chi connectivity index (χ1) is 11.8. The molecule has 4 nitrogen and oxygen atoms in total. The molecule has 1 heterocycles. The van der Waals surface area contributed by atoms with E-state index in [2.05, 4.69) is 56.6 Å². The lowest BCUT2D eigenvalue weighted by Crippen LogP contribution is -2.33. The molecule has 1 saturated heterocycles. The highest BCUT2D eigenvalue weighted by atomic mass is 16.5. The van der Waals surface area contributed by atoms with Crippen LogP contribution in [0.4, 0.5) is 0 Å². The van der Waals surface area contributed by atoms with E-state index >= 15 is 0 Å². The highest BCUT2D eigenvalue weighted by molar-refractivity contribution is 5.44.